The predicted octanol–water partition coefficient (Wildman–Crippen LogP) is 3.37. The van der Waals surface area contributed by atoms with Gasteiger partial charge < -0.3 is 20.0 Å². The number of fused-ring (bicyclic) bond motifs is 1. The number of piperazine rings is 1. The normalized spacial score (nSPS) is 34.8. The van der Waals surface area contributed by atoms with Gasteiger partial charge in [-0.2, -0.15) is 0 Å². The molecule has 4 aliphatic rings. The maximum absolute atomic E-state index is 12.4. The highest BCUT2D eigenvalue weighted by atomic mass is 16.3. The van der Waals surface area contributed by atoms with Crippen molar-refractivity contribution in [2.45, 2.75) is 76.4 Å². The lowest BCUT2D eigenvalue weighted by Crippen LogP contribution is -2.47. The Bertz CT molecular complexity index is 662. The number of likely N-dealkylation sites (N-methyl/N-ethyl adjacent to an activating group) is 1. The Balaban J connectivity index is 1.21. The largest absolute Gasteiger partial charge is 0.392 e. The van der Waals surface area contributed by atoms with E-state index < -0.39 is 0 Å². The average molecular weight is 431 g/mol. The third-order valence-corrected chi connectivity index (χ3v) is 8.41. The first-order valence-electron chi connectivity index (χ1n) is 12.7. The molecule has 2 N–H and O–H groups in total. The standard InChI is InChI=1S/C26H42N2O3/c1-27-12-14-28(15-13-27)26(31)9-5-2-6-19-16-21-18-25(30)22(23(21)17-19)10-11-24(29)20-7-3-4-8-20/h6,10-11,20-25,29-30H,2-5,7-9,12-18H2,1H3/t21-,22+,23-,24+,25+/m0/s1. The predicted molar refractivity (Wildman–Crippen MR) is 123 cm³/mol. The number of amides is 1. The Morgan fingerprint density at radius 1 is 1.16 bits per heavy atom. The van der Waals surface area contributed by atoms with Gasteiger partial charge in [0, 0.05) is 38.5 Å². The van der Waals surface area contributed by atoms with E-state index in [4.69, 9.17) is 0 Å². The van der Waals surface area contributed by atoms with Crippen molar-refractivity contribution < 1.29 is 15.0 Å². The van der Waals surface area contributed by atoms with Gasteiger partial charge in [0.1, 0.15) is 0 Å². The van der Waals surface area contributed by atoms with Gasteiger partial charge in [-0.05, 0) is 69.7 Å². The molecule has 31 heavy (non-hydrogen) atoms. The van der Waals surface area contributed by atoms with Crippen molar-refractivity contribution in [2.24, 2.45) is 23.7 Å². The Morgan fingerprint density at radius 2 is 1.90 bits per heavy atom. The number of nitrogens with zero attached hydrogens (tertiary/aromatic N) is 2. The van der Waals surface area contributed by atoms with E-state index in [1.165, 1.54) is 18.4 Å². The monoisotopic (exact) mass is 430 g/mol. The number of unbranched alkanes of at least 4 members (excludes halogenated alkanes) is 1. The van der Waals surface area contributed by atoms with E-state index in [0.717, 1.165) is 71.1 Å². The molecule has 5 heteroatoms. The molecule has 1 saturated heterocycles. The molecule has 1 aliphatic heterocycles. The van der Waals surface area contributed by atoms with Gasteiger partial charge in [-0.3, -0.25) is 4.79 Å². The van der Waals surface area contributed by atoms with Gasteiger partial charge in [0.2, 0.25) is 5.91 Å². The highest BCUT2D eigenvalue weighted by Gasteiger charge is 2.45. The van der Waals surface area contributed by atoms with Crippen LogP contribution in [0.5, 0.6) is 0 Å². The second-order valence-electron chi connectivity index (χ2n) is 10.6. The molecular weight excluding hydrogens is 388 g/mol. The summed E-state index contributed by atoms with van der Waals surface area (Å²) in [6.07, 6.45) is 16.3. The second-order valence-corrected chi connectivity index (χ2v) is 10.6. The third kappa shape index (κ3) is 5.80. The Hall–Kier alpha value is -1.17. The van der Waals surface area contributed by atoms with Crippen molar-refractivity contribution in [3.63, 3.8) is 0 Å². The minimum Gasteiger partial charge on any atom is -0.392 e. The topological polar surface area (TPSA) is 64.0 Å². The van der Waals surface area contributed by atoms with Crippen LogP contribution in [-0.2, 0) is 4.79 Å². The third-order valence-electron chi connectivity index (χ3n) is 8.41. The maximum Gasteiger partial charge on any atom is 0.222 e. The molecule has 4 rings (SSSR count). The number of carbonyl (C=O) groups excluding carboxylic acids is 1. The summed E-state index contributed by atoms with van der Waals surface area (Å²) in [4.78, 5) is 16.7. The molecule has 1 heterocycles. The fourth-order valence-corrected chi connectivity index (χ4v) is 6.41. The van der Waals surface area contributed by atoms with Crippen LogP contribution >= 0.6 is 0 Å². The van der Waals surface area contributed by atoms with Crippen LogP contribution in [0.3, 0.4) is 0 Å². The number of allylic oxidation sites excluding steroid dienone is 2. The number of carbonyl (C=O) groups is 1. The molecule has 5 atom stereocenters. The maximum atomic E-state index is 12.4. The summed E-state index contributed by atoms with van der Waals surface area (Å²) in [5, 5.41) is 21.0. The first-order valence-corrected chi connectivity index (χ1v) is 12.7. The lowest BCUT2D eigenvalue weighted by molar-refractivity contribution is -0.132. The fourth-order valence-electron chi connectivity index (χ4n) is 6.41. The van der Waals surface area contributed by atoms with E-state index in [9.17, 15) is 15.0 Å². The summed E-state index contributed by atoms with van der Waals surface area (Å²) in [6, 6.07) is 0. The number of aliphatic hydroxyl groups is 2. The summed E-state index contributed by atoms with van der Waals surface area (Å²) in [6.45, 7) is 3.70. The summed E-state index contributed by atoms with van der Waals surface area (Å²) in [5.41, 5.74) is 1.52. The van der Waals surface area contributed by atoms with Gasteiger partial charge in [-0.15, -0.1) is 0 Å². The quantitative estimate of drug-likeness (QED) is 0.480. The molecule has 0 bridgehead atoms. The lowest BCUT2D eigenvalue weighted by Gasteiger charge is -2.32. The molecule has 5 nitrogen and oxygen atoms in total. The van der Waals surface area contributed by atoms with Gasteiger partial charge in [0.05, 0.1) is 12.2 Å². The molecule has 1 amide bonds. The van der Waals surface area contributed by atoms with Crippen LogP contribution in [0.25, 0.3) is 0 Å². The zero-order valence-electron chi connectivity index (χ0n) is 19.3. The number of hydrogen-bond acceptors (Lipinski definition) is 4. The summed E-state index contributed by atoms with van der Waals surface area (Å²) in [7, 11) is 2.11. The molecule has 0 aromatic heterocycles. The van der Waals surface area contributed by atoms with Crippen LogP contribution in [0, 0.1) is 23.7 Å². The summed E-state index contributed by atoms with van der Waals surface area (Å²) in [5.74, 6) is 2.00. The first kappa shape index (κ1) is 23.0. The van der Waals surface area contributed by atoms with Gasteiger partial charge in [-0.1, -0.05) is 36.6 Å². The molecule has 0 unspecified atom stereocenters. The van der Waals surface area contributed by atoms with E-state index in [0.29, 0.717) is 30.1 Å². The first-order chi connectivity index (χ1) is 15.0. The SMILES string of the molecule is CN1CCN(C(=O)CCCC=C2C[C@H]3C[C@@H](O)[C@H](C=C[C@@H](O)C4CCCC4)[C@H]3C2)CC1. The molecule has 0 aromatic carbocycles. The van der Waals surface area contributed by atoms with E-state index in [-0.39, 0.29) is 18.1 Å². The smallest absolute Gasteiger partial charge is 0.222 e. The van der Waals surface area contributed by atoms with Gasteiger partial charge in [0.25, 0.3) is 0 Å². The summed E-state index contributed by atoms with van der Waals surface area (Å²) < 4.78 is 0. The second kappa shape index (κ2) is 10.6. The molecule has 0 radical (unpaired) electrons. The summed E-state index contributed by atoms with van der Waals surface area (Å²) >= 11 is 0. The number of rotatable bonds is 7. The lowest BCUT2D eigenvalue weighted by atomic mass is 9.89. The average Bonchev–Trinajstić information content (AvgIpc) is 3.47. The van der Waals surface area contributed by atoms with Crippen LogP contribution in [0.1, 0.15) is 64.2 Å². The van der Waals surface area contributed by atoms with Crippen molar-refractivity contribution in [3.05, 3.63) is 23.8 Å². The van der Waals surface area contributed by atoms with Gasteiger partial charge in [0.15, 0.2) is 0 Å². The molecule has 3 saturated carbocycles. The molecule has 4 fully saturated rings. The van der Waals surface area contributed by atoms with Crippen LogP contribution in [0.2, 0.25) is 0 Å². The highest BCUT2D eigenvalue weighted by Crippen LogP contribution is 2.50. The zero-order chi connectivity index (χ0) is 21.8. The van der Waals surface area contributed by atoms with Gasteiger partial charge >= 0.3 is 0 Å². The van der Waals surface area contributed by atoms with Crippen molar-refractivity contribution in [2.75, 3.05) is 33.2 Å². The number of hydrogen-bond donors (Lipinski definition) is 2. The van der Waals surface area contributed by atoms with Crippen LogP contribution in [0.4, 0.5) is 0 Å². The molecule has 174 valence electrons. The molecule has 0 aromatic rings. The minimum atomic E-state index is -0.344. The fraction of sp³-hybridized carbons (Fsp3) is 0.808. The van der Waals surface area contributed by atoms with Crippen LogP contribution < -0.4 is 0 Å². The van der Waals surface area contributed by atoms with E-state index in [1.807, 2.05) is 11.0 Å². The minimum absolute atomic E-state index is 0.186. The van der Waals surface area contributed by atoms with E-state index in [2.05, 4.69) is 24.1 Å². The van der Waals surface area contributed by atoms with Crippen molar-refractivity contribution in [1.29, 1.82) is 0 Å². The Morgan fingerprint density at radius 3 is 2.65 bits per heavy atom. The van der Waals surface area contributed by atoms with Gasteiger partial charge in [-0.25, -0.2) is 0 Å². The van der Waals surface area contributed by atoms with Crippen LogP contribution in [-0.4, -0.2) is 71.4 Å². The highest BCUT2D eigenvalue weighted by molar-refractivity contribution is 5.76. The van der Waals surface area contributed by atoms with E-state index in [1.54, 1.807) is 0 Å². The Labute approximate surface area is 188 Å². The zero-order valence-corrected chi connectivity index (χ0v) is 19.3. The molecular formula is C26H42N2O3. The van der Waals surface area contributed by atoms with Crippen molar-refractivity contribution >= 4 is 5.91 Å². The molecule has 3 aliphatic carbocycles. The van der Waals surface area contributed by atoms with Crippen LogP contribution in [0.15, 0.2) is 23.8 Å². The van der Waals surface area contributed by atoms with E-state index >= 15 is 0 Å². The Kier molecular flexibility index (Phi) is 7.89. The van der Waals surface area contributed by atoms with Crippen molar-refractivity contribution in [3.8, 4) is 0 Å². The number of aliphatic hydroxyl groups excluding tert-OH is 2. The molecule has 0 spiro atoms. The van der Waals surface area contributed by atoms with Crippen molar-refractivity contribution in [1.82, 2.24) is 9.80 Å².